The Balaban J connectivity index is 3.59. The van der Waals surface area contributed by atoms with Crippen molar-refractivity contribution in [3.8, 4) is 0 Å². The van der Waals surface area contributed by atoms with Crippen molar-refractivity contribution in [2.75, 3.05) is 13.7 Å². The van der Waals surface area contributed by atoms with Crippen LogP contribution < -0.4 is 5.40 Å². The standard InChI is InChI=1S/C10H21NO4Si/c1-5-10(12)15-9(2)7-6-8-14-16(4,11)13-3/h5,9H,1,6-8,11H2,2-4H3. The molecule has 0 aliphatic rings. The van der Waals surface area contributed by atoms with Gasteiger partial charge in [-0.05, 0) is 26.3 Å². The Hall–Kier alpha value is -0.693. The van der Waals surface area contributed by atoms with Gasteiger partial charge in [-0.2, -0.15) is 0 Å². The number of ether oxygens (including phenoxy) is 1. The lowest BCUT2D eigenvalue weighted by Gasteiger charge is -2.19. The fourth-order valence-electron chi connectivity index (χ4n) is 1.01. The molecule has 0 aromatic heterocycles. The molecule has 16 heavy (non-hydrogen) atoms. The molecule has 0 aliphatic heterocycles. The van der Waals surface area contributed by atoms with Crippen molar-refractivity contribution >= 4 is 14.7 Å². The summed E-state index contributed by atoms with van der Waals surface area (Å²) in [6, 6.07) is 0. The molecule has 0 aromatic rings. The molecule has 0 aromatic carbocycles. The fraction of sp³-hybridized carbons (Fsp3) is 0.700. The maximum Gasteiger partial charge on any atom is 0.418 e. The van der Waals surface area contributed by atoms with Crippen LogP contribution in [0.1, 0.15) is 19.8 Å². The second-order valence-electron chi connectivity index (χ2n) is 3.66. The maximum absolute atomic E-state index is 10.9. The van der Waals surface area contributed by atoms with Gasteiger partial charge in [-0.3, -0.25) is 0 Å². The van der Waals surface area contributed by atoms with Crippen LogP contribution >= 0.6 is 0 Å². The third-order valence-electron chi connectivity index (χ3n) is 2.03. The summed E-state index contributed by atoms with van der Waals surface area (Å²) < 4.78 is 15.4. The van der Waals surface area contributed by atoms with Crippen molar-refractivity contribution in [3.05, 3.63) is 12.7 Å². The minimum absolute atomic E-state index is 0.137. The van der Waals surface area contributed by atoms with Gasteiger partial charge < -0.3 is 19.0 Å². The van der Waals surface area contributed by atoms with Gasteiger partial charge in [-0.1, -0.05) is 6.58 Å². The van der Waals surface area contributed by atoms with Crippen LogP contribution in [0.4, 0.5) is 0 Å². The van der Waals surface area contributed by atoms with Crippen LogP contribution in [0.25, 0.3) is 0 Å². The molecule has 94 valence electrons. The molecular formula is C10H21NO4Si. The zero-order chi connectivity index (χ0) is 12.6. The molecule has 0 heterocycles. The van der Waals surface area contributed by atoms with E-state index in [0.29, 0.717) is 6.61 Å². The minimum atomic E-state index is -2.41. The molecule has 2 N–H and O–H groups in total. The summed E-state index contributed by atoms with van der Waals surface area (Å²) >= 11 is 0. The molecule has 0 spiro atoms. The second-order valence-corrected chi connectivity index (χ2v) is 6.39. The average molecular weight is 247 g/mol. The lowest BCUT2D eigenvalue weighted by molar-refractivity contribution is -0.142. The molecule has 2 atom stereocenters. The molecule has 0 saturated heterocycles. The largest absolute Gasteiger partial charge is 0.460 e. The van der Waals surface area contributed by atoms with Crippen molar-refractivity contribution < 1.29 is 18.4 Å². The molecule has 5 nitrogen and oxygen atoms in total. The van der Waals surface area contributed by atoms with E-state index in [1.54, 1.807) is 13.7 Å². The van der Waals surface area contributed by atoms with Gasteiger partial charge in [-0.15, -0.1) is 0 Å². The Labute approximate surface area is 97.9 Å². The highest BCUT2D eigenvalue weighted by molar-refractivity contribution is 6.62. The third kappa shape index (κ3) is 7.58. The van der Waals surface area contributed by atoms with E-state index in [9.17, 15) is 4.79 Å². The molecule has 0 radical (unpaired) electrons. The summed E-state index contributed by atoms with van der Waals surface area (Å²) in [6.07, 6.45) is 2.52. The third-order valence-corrected chi connectivity index (χ3v) is 3.62. The van der Waals surface area contributed by atoms with Gasteiger partial charge in [0.05, 0.1) is 6.10 Å². The van der Waals surface area contributed by atoms with E-state index < -0.39 is 14.7 Å². The molecule has 6 heteroatoms. The van der Waals surface area contributed by atoms with Gasteiger partial charge in [-0.25, -0.2) is 4.79 Å². The Morgan fingerprint density at radius 2 is 2.25 bits per heavy atom. The summed E-state index contributed by atoms with van der Waals surface area (Å²) in [7, 11) is -0.870. The van der Waals surface area contributed by atoms with Gasteiger partial charge in [0, 0.05) is 19.8 Å². The van der Waals surface area contributed by atoms with Crippen molar-refractivity contribution in [1.29, 1.82) is 0 Å². The Morgan fingerprint density at radius 3 is 2.75 bits per heavy atom. The zero-order valence-electron chi connectivity index (χ0n) is 10.2. The monoisotopic (exact) mass is 247 g/mol. The second kappa shape index (κ2) is 7.56. The van der Waals surface area contributed by atoms with Gasteiger partial charge in [0.2, 0.25) is 0 Å². The van der Waals surface area contributed by atoms with E-state index in [-0.39, 0.29) is 6.10 Å². The Bertz CT molecular complexity index is 233. The highest BCUT2D eigenvalue weighted by Gasteiger charge is 2.24. The Morgan fingerprint density at radius 1 is 1.62 bits per heavy atom. The van der Waals surface area contributed by atoms with Crippen LogP contribution in [-0.4, -0.2) is 34.5 Å². The lowest BCUT2D eigenvalue weighted by Crippen LogP contribution is -2.48. The smallest absolute Gasteiger partial charge is 0.418 e. The van der Waals surface area contributed by atoms with E-state index >= 15 is 0 Å². The van der Waals surface area contributed by atoms with E-state index in [4.69, 9.17) is 19.0 Å². The van der Waals surface area contributed by atoms with Crippen LogP contribution in [0.5, 0.6) is 0 Å². The first-order valence-corrected chi connectivity index (χ1v) is 7.61. The summed E-state index contributed by atoms with van der Waals surface area (Å²) in [5.74, 6) is -0.400. The van der Waals surface area contributed by atoms with Crippen molar-refractivity contribution in [2.24, 2.45) is 5.40 Å². The maximum atomic E-state index is 10.9. The van der Waals surface area contributed by atoms with E-state index in [1.165, 1.54) is 0 Å². The first-order chi connectivity index (χ1) is 7.41. The molecule has 2 unspecified atom stereocenters. The first-order valence-electron chi connectivity index (χ1n) is 5.22. The number of carbonyl (C=O) groups excluding carboxylic acids is 1. The van der Waals surface area contributed by atoms with Crippen molar-refractivity contribution in [2.45, 2.75) is 32.4 Å². The molecular weight excluding hydrogens is 226 g/mol. The number of carbonyl (C=O) groups is 1. The highest BCUT2D eigenvalue weighted by Crippen LogP contribution is 2.05. The van der Waals surface area contributed by atoms with Crippen LogP contribution in [-0.2, 0) is 18.4 Å². The summed E-state index contributed by atoms with van der Waals surface area (Å²) in [4.78, 5) is 10.9. The van der Waals surface area contributed by atoms with E-state index in [2.05, 4.69) is 6.58 Å². The lowest BCUT2D eigenvalue weighted by atomic mass is 10.2. The van der Waals surface area contributed by atoms with Gasteiger partial charge in [0.1, 0.15) is 0 Å². The molecule has 0 rings (SSSR count). The summed E-state index contributed by atoms with van der Waals surface area (Å²) in [5, 5.41) is 5.73. The fourth-order valence-corrected chi connectivity index (χ4v) is 1.68. The molecule has 0 aliphatic carbocycles. The van der Waals surface area contributed by atoms with Crippen molar-refractivity contribution in [3.63, 3.8) is 0 Å². The molecule has 0 amide bonds. The summed E-state index contributed by atoms with van der Waals surface area (Å²) in [5.41, 5.74) is 0. The predicted molar refractivity (Wildman–Crippen MR) is 63.8 cm³/mol. The Kier molecular flexibility index (Phi) is 7.23. The number of rotatable bonds is 8. The average Bonchev–Trinajstić information content (AvgIpc) is 2.24. The van der Waals surface area contributed by atoms with Crippen LogP contribution in [0.3, 0.4) is 0 Å². The first kappa shape index (κ1) is 15.3. The predicted octanol–water partition coefficient (Wildman–Crippen LogP) is 1.07. The summed E-state index contributed by atoms with van der Waals surface area (Å²) in [6.45, 7) is 7.45. The van der Waals surface area contributed by atoms with Crippen LogP contribution in [0.15, 0.2) is 12.7 Å². The van der Waals surface area contributed by atoms with Gasteiger partial charge in [0.15, 0.2) is 0 Å². The molecule has 0 fully saturated rings. The normalized spacial score (nSPS) is 16.2. The molecule has 0 bridgehead atoms. The number of hydrogen-bond acceptors (Lipinski definition) is 5. The van der Waals surface area contributed by atoms with Crippen LogP contribution in [0.2, 0.25) is 6.55 Å². The number of hydrogen-bond donors (Lipinski definition) is 1. The SMILES string of the molecule is C=CC(=O)OC(C)CCCO[Si](C)(N)OC. The minimum Gasteiger partial charge on any atom is -0.460 e. The van der Waals surface area contributed by atoms with Gasteiger partial charge >= 0.3 is 14.7 Å². The molecule has 0 saturated carbocycles. The zero-order valence-corrected chi connectivity index (χ0v) is 11.2. The van der Waals surface area contributed by atoms with Crippen LogP contribution in [0, 0.1) is 0 Å². The quantitative estimate of drug-likeness (QED) is 0.301. The van der Waals surface area contributed by atoms with Gasteiger partial charge in [0.25, 0.3) is 0 Å². The number of nitrogens with two attached hydrogens (primary N) is 1. The number of esters is 1. The topological polar surface area (TPSA) is 70.8 Å². The van der Waals surface area contributed by atoms with E-state index in [0.717, 1.165) is 18.9 Å². The van der Waals surface area contributed by atoms with E-state index in [1.807, 2.05) is 6.92 Å². The highest BCUT2D eigenvalue weighted by atomic mass is 28.4. The van der Waals surface area contributed by atoms with Crippen molar-refractivity contribution in [1.82, 2.24) is 0 Å².